The molecule has 0 aromatic carbocycles. The summed E-state index contributed by atoms with van der Waals surface area (Å²) in [6.07, 6.45) is 15.4. The lowest BCUT2D eigenvalue weighted by atomic mass is 10.0. The van der Waals surface area contributed by atoms with Crippen LogP contribution in [0.3, 0.4) is 0 Å². The summed E-state index contributed by atoms with van der Waals surface area (Å²) < 4.78 is 10.3. The smallest absolute Gasteiger partial charge is 0.305 e. The van der Waals surface area contributed by atoms with Gasteiger partial charge in [-0.2, -0.15) is 0 Å². The van der Waals surface area contributed by atoms with Crippen LogP contribution in [-0.4, -0.2) is 25.3 Å². The van der Waals surface area contributed by atoms with Crippen molar-refractivity contribution < 1.29 is 14.3 Å². The van der Waals surface area contributed by atoms with Crippen LogP contribution in [0, 0.1) is 0 Å². The second-order valence-electron chi connectivity index (χ2n) is 5.94. The lowest BCUT2D eigenvalue weighted by molar-refractivity contribution is -0.140. The number of ether oxygens (including phenoxy) is 2. The first-order valence-corrected chi connectivity index (χ1v) is 8.50. The van der Waals surface area contributed by atoms with Crippen molar-refractivity contribution in [3.05, 3.63) is 0 Å². The molecular formula is C17H32O3. The molecule has 1 saturated heterocycles. The molecule has 118 valence electrons. The molecule has 0 spiro atoms. The van der Waals surface area contributed by atoms with E-state index in [1.807, 2.05) is 0 Å². The summed E-state index contributed by atoms with van der Waals surface area (Å²) >= 11 is 0. The minimum Gasteiger partial charge on any atom is -0.469 e. The summed E-state index contributed by atoms with van der Waals surface area (Å²) in [6.45, 7) is 2.26. The van der Waals surface area contributed by atoms with Gasteiger partial charge in [0.2, 0.25) is 0 Å². The van der Waals surface area contributed by atoms with Crippen molar-refractivity contribution in [3.63, 3.8) is 0 Å². The number of methoxy groups -OCH3 is 1. The summed E-state index contributed by atoms with van der Waals surface area (Å²) in [6, 6.07) is 0. The van der Waals surface area contributed by atoms with Crippen LogP contribution in [0.25, 0.3) is 0 Å². The third-order valence-corrected chi connectivity index (χ3v) is 4.13. The van der Waals surface area contributed by atoms with Crippen molar-refractivity contribution in [2.24, 2.45) is 0 Å². The molecule has 3 nitrogen and oxygen atoms in total. The molecule has 0 unspecified atom stereocenters. The van der Waals surface area contributed by atoms with Gasteiger partial charge in [-0.25, -0.2) is 0 Å². The zero-order chi connectivity index (χ0) is 14.6. The Hall–Kier alpha value is -0.570. The van der Waals surface area contributed by atoms with Gasteiger partial charge in [0.15, 0.2) is 0 Å². The van der Waals surface area contributed by atoms with Crippen LogP contribution in [0.1, 0.15) is 84.0 Å². The third-order valence-electron chi connectivity index (χ3n) is 4.13. The maximum atomic E-state index is 10.9. The van der Waals surface area contributed by atoms with Crippen molar-refractivity contribution in [2.75, 3.05) is 7.11 Å². The van der Waals surface area contributed by atoms with Crippen LogP contribution < -0.4 is 0 Å². The minimum atomic E-state index is -0.0846. The standard InChI is InChI=1S/C17H32O3/c1-3-4-5-6-9-12-15-16(20-15)13-10-7-8-11-14-17(18)19-2/h15-16H,3-14H2,1-2H3/t15-,16-/m1/s1. The Kier molecular flexibility index (Phi) is 9.73. The summed E-state index contributed by atoms with van der Waals surface area (Å²) in [4.78, 5) is 10.9. The number of hydrogen-bond donors (Lipinski definition) is 0. The molecule has 1 fully saturated rings. The molecule has 1 rings (SSSR count). The van der Waals surface area contributed by atoms with E-state index < -0.39 is 0 Å². The second kappa shape index (κ2) is 11.1. The number of carbonyl (C=O) groups is 1. The van der Waals surface area contributed by atoms with E-state index in [0.717, 1.165) is 12.8 Å². The number of esters is 1. The van der Waals surface area contributed by atoms with Gasteiger partial charge in [0.25, 0.3) is 0 Å². The van der Waals surface area contributed by atoms with Gasteiger partial charge in [0, 0.05) is 6.42 Å². The van der Waals surface area contributed by atoms with Crippen LogP contribution in [0.5, 0.6) is 0 Å². The lowest BCUT2D eigenvalue weighted by Gasteiger charge is -2.00. The van der Waals surface area contributed by atoms with Gasteiger partial charge in [-0.15, -0.1) is 0 Å². The van der Waals surface area contributed by atoms with Crippen LogP contribution in [-0.2, 0) is 14.3 Å². The van der Waals surface area contributed by atoms with Crippen molar-refractivity contribution in [1.29, 1.82) is 0 Å². The highest BCUT2D eigenvalue weighted by Crippen LogP contribution is 2.31. The van der Waals surface area contributed by atoms with Crippen molar-refractivity contribution in [1.82, 2.24) is 0 Å². The van der Waals surface area contributed by atoms with Gasteiger partial charge < -0.3 is 9.47 Å². The maximum absolute atomic E-state index is 10.9. The first-order valence-electron chi connectivity index (χ1n) is 8.50. The maximum Gasteiger partial charge on any atom is 0.305 e. The van der Waals surface area contributed by atoms with E-state index in [4.69, 9.17) is 4.74 Å². The highest BCUT2D eigenvalue weighted by atomic mass is 16.6. The summed E-state index contributed by atoms with van der Waals surface area (Å²) in [7, 11) is 1.45. The molecule has 20 heavy (non-hydrogen) atoms. The predicted molar refractivity (Wildman–Crippen MR) is 81.8 cm³/mol. The molecule has 0 amide bonds. The summed E-state index contributed by atoms with van der Waals surface area (Å²) in [5.41, 5.74) is 0. The SMILES string of the molecule is CCCCCCC[C@H]1O[C@@H]1CCCCCCC(=O)OC. The Bertz CT molecular complexity index is 253. The molecule has 1 heterocycles. The van der Waals surface area contributed by atoms with Crippen molar-refractivity contribution in [2.45, 2.75) is 96.2 Å². The van der Waals surface area contributed by atoms with Gasteiger partial charge >= 0.3 is 5.97 Å². The number of epoxide rings is 1. The van der Waals surface area contributed by atoms with E-state index >= 15 is 0 Å². The topological polar surface area (TPSA) is 38.8 Å². The molecule has 1 aliphatic rings. The van der Waals surface area contributed by atoms with Gasteiger partial charge in [0.05, 0.1) is 19.3 Å². The summed E-state index contributed by atoms with van der Waals surface area (Å²) in [5, 5.41) is 0. The Labute approximate surface area is 124 Å². The Morgan fingerprint density at radius 2 is 1.45 bits per heavy atom. The molecule has 0 bridgehead atoms. The van der Waals surface area contributed by atoms with E-state index in [9.17, 15) is 4.79 Å². The molecule has 1 aliphatic heterocycles. The van der Waals surface area contributed by atoms with E-state index in [0.29, 0.717) is 18.6 Å². The first-order chi connectivity index (χ1) is 9.77. The van der Waals surface area contributed by atoms with Crippen molar-refractivity contribution in [3.8, 4) is 0 Å². The van der Waals surface area contributed by atoms with E-state index in [-0.39, 0.29) is 5.97 Å². The number of unbranched alkanes of at least 4 members (excludes halogenated alkanes) is 7. The number of rotatable bonds is 13. The highest BCUT2D eigenvalue weighted by molar-refractivity contribution is 5.68. The Morgan fingerprint density at radius 3 is 2.00 bits per heavy atom. The minimum absolute atomic E-state index is 0.0846. The average molecular weight is 284 g/mol. The van der Waals surface area contributed by atoms with Crippen LogP contribution in [0.4, 0.5) is 0 Å². The first kappa shape index (κ1) is 17.5. The van der Waals surface area contributed by atoms with Gasteiger partial charge in [-0.05, 0) is 19.3 Å². The van der Waals surface area contributed by atoms with Crippen LogP contribution in [0.15, 0.2) is 0 Å². The Balaban J connectivity index is 1.80. The van der Waals surface area contributed by atoms with E-state index in [1.165, 1.54) is 64.9 Å². The monoisotopic (exact) mass is 284 g/mol. The van der Waals surface area contributed by atoms with Crippen LogP contribution in [0.2, 0.25) is 0 Å². The largest absolute Gasteiger partial charge is 0.469 e. The molecule has 3 heteroatoms. The highest BCUT2D eigenvalue weighted by Gasteiger charge is 2.36. The molecule has 0 aromatic rings. The molecule has 0 saturated carbocycles. The molecule has 0 N–H and O–H groups in total. The molecular weight excluding hydrogens is 252 g/mol. The quantitative estimate of drug-likeness (QED) is 0.281. The fraction of sp³-hybridized carbons (Fsp3) is 0.941. The number of hydrogen-bond acceptors (Lipinski definition) is 3. The fourth-order valence-corrected chi connectivity index (χ4v) is 2.71. The normalized spacial score (nSPS) is 20.9. The van der Waals surface area contributed by atoms with E-state index in [2.05, 4.69) is 11.7 Å². The zero-order valence-electron chi connectivity index (χ0n) is 13.4. The van der Waals surface area contributed by atoms with Gasteiger partial charge in [0.1, 0.15) is 0 Å². The number of carbonyl (C=O) groups excluding carboxylic acids is 1. The Morgan fingerprint density at radius 1 is 0.900 bits per heavy atom. The van der Waals surface area contributed by atoms with Crippen LogP contribution >= 0.6 is 0 Å². The zero-order valence-corrected chi connectivity index (χ0v) is 13.4. The van der Waals surface area contributed by atoms with Crippen molar-refractivity contribution >= 4 is 5.97 Å². The molecule has 0 aliphatic carbocycles. The second-order valence-corrected chi connectivity index (χ2v) is 5.94. The molecule has 0 aromatic heterocycles. The molecule has 2 atom stereocenters. The fourth-order valence-electron chi connectivity index (χ4n) is 2.71. The predicted octanol–water partition coefficient (Wildman–Crippen LogP) is 4.63. The van der Waals surface area contributed by atoms with Gasteiger partial charge in [-0.1, -0.05) is 58.3 Å². The molecule has 0 radical (unpaired) electrons. The van der Waals surface area contributed by atoms with Gasteiger partial charge in [-0.3, -0.25) is 4.79 Å². The third kappa shape index (κ3) is 8.57. The lowest BCUT2D eigenvalue weighted by Crippen LogP contribution is -1.99. The summed E-state index contributed by atoms with van der Waals surface area (Å²) in [5.74, 6) is -0.0846. The van der Waals surface area contributed by atoms with E-state index in [1.54, 1.807) is 0 Å². The average Bonchev–Trinajstić information content (AvgIpc) is 3.20.